The fourth-order valence-corrected chi connectivity index (χ4v) is 7.20. The molecule has 0 N–H and O–H groups in total. The summed E-state index contributed by atoms with van der Waals surface area (Å²) in [6, 6.07) is 24.4. The molecule has 214 valence electrons. The third-order valence-corrected chi connectivity index (χ3v) is 9.35. The molecule has 10 nitrogen and oxygen atoms in total. The van der Waals surface area contributed by atoms with E-state index >= 15 is 0 Å². The van der Waals surface area contributed by atoms with Crippen molar-refractivity contribution in [3.8, 4) is 0 Å². The summed E-state index contributed by atoms with van der Waals surface area (Å²) in [6.07, 6.45) is -0.395. The Morgan fingerprint density at radius 2 is 1.51 bits per heavy atom. The number of carbonyl (C=O) groups is 1. The predicted octanol–water partition coefficient (Wildman–Crippen LogP) is 4.65. The molecule has 1 aromatic heterocycles. The van der Waals surface area contributed by atoms with Gasteiger partial charge < -0.3 is 9.05 Å². The summed E-state index contributed by atoms with van der Waals surface area (Å²) in [4.78, 5) is 46.8. The Kier molecular flexibility index (Phi) is 8.77. The fourth-order valence-electron chi connectivity index (χ4n) is 5.12. The summed E-state index contributed by atoms with van der Waals surface area (Å²) >= 11 is 0. The molecule has 0 radical (unpaired) electrons. The minimum Gasteiger partial charge on any atom is -0.308 e. The standard InChI is InChI=1S/C30H32N3O7P/c1-3-38-41(37,39-4-2)27-19-24(40-32(27)20-22-13-7-5-8-14-22)21-31-26-18-12-11-17-25(26)29(35)33(30(31)36)28(34)23-15-9-6-10-16-23/h5-18,24,27H,3-4,19-21H2,1-2H3/t24-,27-/m0/s1. The van der Waals surface area contributed by atoms with Crippen LogP contribution in [-0.4, -0.2) is 45.2 Å². The first-order chi connectivity index (χ1) is 19.9. The molecule has 5 rings (SSSR count). The molecule has 1 aliphatic heterocycles. The largest absolute Gasteiger partial charge is 0.350 e. The van der Waals surface area contributed by atoms with E-state index in [-0.39, 0.29) is 37.1 Å². The number of carbonyl (C=O) groups excluding carboxylic acids is 1. The minimum absolute atomic E-state index is 0.00172. The summed E-state index contributed by atoms with van der Waals surface area (Å²) in [5.74, 6) is -1.44. The lowest BCUT2D eigenvalue weighted by molar-refractivity contribution is -0.164. The van der Waals surface area contributed by atoms with Gasteiger partial charge in [-0.3, -0.25) is 23.6 Å². The highest BCUT2D eigenvalue weighted by Crippen LogP contribution is 2.58. The van der Waals surface area contributed by atoms with Gasteiger partial charge in [-0.25, -0.2) is 4.79 Å². The van der Waals surface area contributed by atoms with Crippen LogP contribution in [-0.2, 0) is 31.5 Å². The predicted molar refractivity (Wildman–Crippen MR) is 155 cm³/mol. The molecule has 1 aliphatic rings. The molecule has 0 unspecified atom stereocenters. The van der Waals surface area contributed by atoms with Gasteiger partial charge in [0.1, 0.15) is 5.78 Å². The van der Waals surface area contributed by atoms with Gasteiger partial charge >= 0.3 is 13.3 Å². The van der Waals surface area contributed by atoms with Gasteiger partial charge in [0.05, 0.1) is 43.3 Å². The molecule has 0 amide bonds. The Morgan fingerprint density at radius 3 is 2.17 bits per heavy atom. The van der Waals surface area contributed by atoms with Crippen molar-refractivity contribution < 1.29 is 23.2 Å². The van der Waals surface area contributed by atoms with Crippen LogP contribution in [0.5, 0.6) is 0 Å². The van der Waals surface area contributed by atoms with Crippen molar-refractivity contribution in [3.05, 3.63) is 117 Å². The van der Waals surface area contributed by atoms with Gasteiger partial charge in [-0.2, -0.15) is 9.63 Å². The van der Waals surface area contributed by atoms with Gasteiger partial charge in [-0.15, -0.1) is 0 Å². The minimum atomic E-state index is -3.63. The summed E-state index contributed by atoms with van der Waals surface area (Å²) in [7, 11) is -3.63. The molecule has 2 atom stereocenters. The van der Waals surface area contributed by atoms with Gasteiger partial charge in [0.25, 0.3) is 11.5 Å². The number of hydroxylamine groups is 2. The maximum atomic E-state index is 13.9. The Hall–Kier alpha value is -3.66. The lowest BCUT2D eigenvalue weighted by Crippen LogP contribution is -2.45. The molecular formula is C30H32N3O7P. The summed E-state index contributed by atoms with van der Waals surface area (Å²) in [5, 5.41) is 1.83. The maximum absolute atomic E-state index is 13.9. The zero-order valence-electron chi connectivity index (χ0n) is 22.9. The second-order valence-electron chi connectivity index (χ2n) is 9.60. The van der Waals surface area contributed by atoms with E-state index in [1.165, 1.54) is 4.57 Å². The average molecular weight is 578 g/mol. The zero-order chi connectivity index (χ0) is 29.0. The number of benzene rings is 3. The highest BCUT2D eigenvalue weighted by Gasteiger charge is 2.47. The van der Waals surface area contributed by atoms with Crippen molar-refractivity contribution in [3.63, 3.8) is 0 Å². The number of para-hydroxylation sites is 1. The van der Waals surface area contributed by atoms with Gasteiger partial charge in [-0.1, -0.05) is 60.7 Å². The van der Waals surface area contributed by atoms with E-state index in [1.807, 2.05) is 30.3 Å². The Bertz CT molecular complexity index is 1680. The third-order valence-electron chi connectivity index (χ3n) is 6.92. The van der Waals surface area contributed by atoms with Crippen LogP contribution in [0.3, 0.4) is 0 Å². The van der Waals surface area contributed by atoms with Crippen LogP contribution in [0.4, 0.5) is 0 Å². The number of hydrogen-bond donors (Lipinski definition) is 0. The number of nitrogens with zero attached hydrogens (tertiary/aromatic N) is 3. The monoisotopic (exact) mass is 577 g/mol. The summed E-state index contributed by atoms with van der Waals surface area (Å²) in [5.41, 5.74) is 0.0568. The van der Waals surface area contributed by atoms with Crippen LogP contribution in [0.1, 0.15) is 36.2 Å². The molecule has 4 aromatic rings. The van der Waals surface area contributed by atoms with Gasteiger partial charge in [0.2, 0.25) is 0 Å². The van der Waals surface area contributed by atoms with Crippen LogP contribution in [0.2, 0.25) is 0 Å². The van der Waals surface area contributed by atoms with E-state index < -0.39 is 36.6 Å². The van der Waals surface area contributed by atoms with Crippen LogP contribution in [0.15, 0.2) is 94.5 Å². The van der Waals surface area contributed by atoms with Crippen LogP contribution >= 0.6 is 7.60 Å². The molecule has 1 fully saturated rings. The SMILES string of the molecule is CCOP(=O)(OCC)[C@H]1C[C@@H](Cn2c(=O)n(C(=O)c3ccccc3)c(=O)c3ccccc32)ON1Cc1ccccc1. The molecule has 0 saturated carbocycles. The quantitative estimate of drug-likeness (QED) is 0.251. The van der Waals surface area contributed by atoms with E-state index in [2.05, 4.69) is 0 Å². The smallest absolute Gasteiger partial charge is 0.308 e. The molecule has 1 saturated heterocycles. The highest BCUT2D eigenvalue weighted by molar-refractivity contribution is 7.54. The zero-order valence-corrected chi connectivity index (χ0v) is 23.8. The summed E-state index contributed by atoms with van der Waals surface area (Å²) in [6.45, 7) is 4.19. The van der Waals surface area contributed by atoms with Crippen molar-refractivity contribution in [2.45, 2.75) is 45.2 Å². The number of hydrogen-bond acceptors (Lipinski definition) is 8. The fraction of sp³-hybridized carbons (Fsp3) is 0.300. The van der Waals surface area contributed by atoms with Crippen molar-refractivity contribution in [1.82, 2.24) is 14.2 Å². The van der Waals surface area contributed by atoms with E-state index in [0.717, 1.165) is 5.56 Å². The Morgan fingerprint density at radius 1 is 0.902 bits per heavy atom. The second-order valence-corrected chi connectivity index (χ2v) is 11.8. The average Bonchev–Trinajstić information content (AvgIpc) is 3.39. The van der Waals surface area contributed by atoms with Crippen molar-refractivity contribution >= 4 is 24.4 Å². The number of aromatic nitrogens is 2. The van der Waals surface area contributed by atoms with Gasteiger partial charge in [0.15, 0.2) is 0 Å². The topological polar surface area (TPSA) is 109 Å². The molecule has 0 bridgehead atoms. The third kappa shape index (κ3) is 5.88. The normalized spacial score (nSPS) is 17.7. The molecular weight excluding hydrogens is 545 g/mol. The van der Waals surface area contributed by atoms with Gasteiger partial charge in [0, 0.05) is 12.0 Å². The maximum Gasteiger partial charge on any atom is 0.350 e. The number of rotatable bonds is 10. The van der Waals surface area contributed by atoms with Crippen molar-refractivity contribution in [2.75, 3.05) is 13.2 Å². The van der Waals surface area contributed by atoms with Crippen LogP contribution in [0, 0.1) is 0 Å². The highest BCUT2D eigenvalue weighted by atomic mass is 31.2. The van der Waals surface area contributed by atoms with E-state index in [4.69, 9.17) is 13.9 Å². The first-order valence-corrected chi connectivity index (χ1v) is 15.2. The number of fused-ring (bicyclic) bond motifs is 1. The van der Waals surface area contributed by atoms with Crippen molar-refractivity contribution in [1.29, 1.82) is 0 Å². The lowest BCUT2D eigenvalue weighted by atomic mass is 10.2. The Labute approximate surface area is 237 Å². The van der Waals surface area contributed by atoms with E-state index in [0.29, 0.717) is 16.6 Å². The summed E-state index contributed by atoms with van der Waals surface area (Å²) < 4.78 is 27.3. The first kappa shape index (κ1) is 28.9. The molecule has 41 heavy (non-hydrogen) atoms. The molecule has 11 heteroatoms. The first-order valence-electron chi connectivity index (χ1n) is 13.6. The van der Waals surface area contributed by atoms with E-state index in [1.54, 1.807) is 73.5 Å². The Balaban J connectivity index is 1.55. The van der Waals surface area contributed by atoms with Crippen LogP contribution < -0.4 is 11.2 Å². The van der Waals surface area contributed by atoms with E-state index in [9.17, 15) is 18.9 Å². The van der Waals surface area contributed by atoms with Crippen LogP contribution in [0.25, 0.3) is 10.9 Å². The molecule has 3 aromatic carbocycles. The molecule has 0 aliphatic carbocycles. The molecule has 2 heterocycles. The van der Waals surface area contributed by atoms with Crippen molar-refractivity contribution in [2.24, 2.45) is 0 Å². The van der Waals surface area contributed by atoms with Gasteiger partial charge in [-0.05, 0) is 43.7 Å². The lowest BCUT2D eigenvalue weighted by Gasteiger charge is -2.28. The second kappa shape index (κ2) is 12.5. The molecule has 0 spiro atoms.